The summed E-state index contributed by atoms with van der Waals surface area (Å²) in [5, 5.41) is 3.43. The van der Waals surface area contributed by atoms with Crippen LogP contribution >= 0.6 is 11.8 Å². The number of carbonyl (C=O) groups excluding carboxylic acids is 5. The first-order chi connectivity index (χ1) is 25.0. The molecule has 0 radical (unpaired) electrons. The van der Waals surface area contributed by atoms with Crippen LogP contribution in [-0.4, -0.2) is 57.0 Å². The molecule has 12 heteroatoms. The first-order valence-electron chi connectivity index (χ1n) is 16.6. The number of ether oxygens (including phenoxy) is 3. The van der Waals surface area contributed by atoms with Gasteiger partial charge in [-0.1, -0.05) is 109 Å². The van der Waals surface area contributed by atoms with Gasteiger partial charge in [-0.15, -0.1) is 11.8 Å². The molecule has 1 saturated heterocycles. The van der Waals surface area contributed by atoms with E-state index in [9.17, 15) is 24.0 Å². The number of benzene rings is 4. The van der Waals surface area contributed by atoms with E-state index < -0.39 is 64.1 Å². The Morgan fingerprint density at radius 1 is 0.750 bits per heavy atom. The summed E-state index contributed by atoms with van der Waals surface area (Å²) in [6.07, 6.45) is -0.310. The lowest BCUT2D eigenvalue weighted by molar-refractivity contribution is -0.160. The summed E-state index contributed by atoms with van der Waals surface area (Å²) >= 11 is 1.02. The summed E-state index contributed by atoms with van der Waals surface area (Å²) in [7, 11) is 0. The van der Waals surface area contributed by atoms with Crippen molar-refractivity contribution in [2.45, 2.75) is 55.1 Å². The van der Waals surface area contributed by atoms with Gasteiger partial charge >= 0.3 is 18.0 Å². The second kappa shape index (κ2) is 15.6. The van der Waals surface area contributed by atoms with Crippen molar-refractivity contribution in [2.75, 3.05) is 0 Å². The Labute approximate surface area is 305 Å². The van der Waals surface area contributed by atoms with Crippen molar-refractivity contribution in [3.05, 3.63) is 150 Å². The highest BCUT2D eigenvalue weighted by molar-refractivity contribution is 8.01. The van der Waals surface area contributed by atoms with Crippen LogP contribution < -0.4 is 15.4 Å². The third kappa shape index (κ3) is 8.35. The second-order valence-electron chi connectivity index (χ2n) is 13.1. The van der Waals surface area contributed by atoms with E-state index in [0.29, 0.717) is 5.56 Å². The summed E-state index contributed by atoms with van der Waals surface area (Å²) in [6.45, 7) is 5.09. The number of thioether (sulfide) groups is 1. The van der Waals surface area contributed by atoms with Crippen LogP contribution in [0.4, 0.5) is 4.79 Å². The molecule has 3 amide bonds. The highest BCUT2D eigenvalue weighted by Crippen LogP contribution is 2.42. The number of hydrogen-bond donors (Lipinski definition) is 2. The van der Waals surface area contributed by atoms with Crippen molar-refractivity contribution in [1.29, 1.82) is 0 Å². The minimum absolute atomic E-state index is 0.0566. The zero-order valence-corrected chi connectivity index (χ0v) is 29.4. The lowest BCUT2D eigenvalue weighted by Crippen LogP contribution is -2.70. The summed E-state index contributed by atoms with van der Waals surface area (Å²) in [5.74, 6) is -3.78. The third-order valence-electron chi connectivity index (χ3n) is 8.10. The standard InChI is InChI=1S/C40H37N3O8S/c1-40(2,3)51-37(46)30(25-16-8-4-9-17-25)34(44)42-31-35(45)43-24-29(41-39(48)49-28-22-14-7-15-23-28)33(52-36(31)43)38(47)50-32(26-18-10-5-11-19-26)27-20-12-6-13-21-27/h4-24,30-33,36H,1-3H3,(H,41,48)(H,42,44)/t30?,31?,33?,36-/m1/s1. The number of β-lactam (4-membered cyclic amide) rings is 1. The molecule has 2 aliphatic rings. The molecule has 2 heterocycles. The van der Waals surface area contributed by atoms with Crippen LogP contribution in [0.3, 0.4) is 0 Å². The van der Waals surface area contributed by atoms with E-state index in [-0.39, 0.29) is 11.4 Å². The maximum atomic E-state index is 14.2. The molecule has 3 unspecified atom stereocenters. The Morgan fingerprint density at radius 3 is 1.81 bits per heavy atom. The number of esters is 2. The van der Waals surface area contributed by atoms with Crippen LogP contribution in [0.25, 0.3) is 0 Å². The van der Waals surface area contributed by atoms with Gasteiger partial charge in [0, 0.05) is 6.20 Å². The predicted octanol–water partition coefficient (Wildman–Crippen LogP) is 5.84. The quantitative estimate of drug-likeness (QED) is 0.118. The van der Waals surface area contributed by atoms with Gasteiger partial charge in [0.2, 0.25) is 5.91 Å². The highest BCUT2D eigenvalue weighted by Gasteiger charge is 2.54. The summed E-state index contributed by atoms with van der Waals surface area (Å²) in [5.41, 5.74) is 1.04. The molecule has 0 bridgehead atoms. The molecule has 0 aliphatic carbocycles. The number of nitrogens with one attached hydrogen (secondary N) is 2. The highest BCUT2D eigenvalue weighted by atomic mass is 32.2. The first-order valence-corrected chi connectivity index (χ1v) is 17.5. The summed E-state index contributed by atoms with van der Waals surface area (Å²) in [6, 6.07) is 34.1. The maximum Gasteiger partial charge on any atom is 0.416 e. The SMILES string of the molecule is CC(C)(C)OC(=O)C(C(=O)NC1C(=O)N2C=C(NC(=O)Oc3ccccc3)C(C(=O)OC(c3ccccc3)c3ccccc3)S[C@H]12)c1ccccc1. The monoisotopic (exact) mass is 719 g/mol. The molecule has 0 spiro atoms. The van der Waals surface area contributed by atoms with Gasteiger partial charge in [-0.05, 0) is 49.6 Å². The minimum Gasteiger partial charge on any atom is -0.459 e. The van der Waals surface area contributed by atoms with Gasteiger partial charge in [0.25, 0.3) is 5.91 Å². The number of carbonyl (C=O) groups is 5. The zero-order chi connectivity index (χ0) is 36.8. The van der Waals surface area contributed by atoms with Crippen molar-refractivity contribution in [2.24, 2.45) is 0 Å². The lowest BCUT2D eigenvalue weighted by atomic mass is 9.96. The van der Waals surface area contributed by atoms with Crippen LogP contribution in [0, 0.1) is 0 Å². The zero-order valence-electron chi connectivity index (χ0n) is 28.6. The molecule has 0 saturated carbocycles. The molecule has 0 aromatic heterocycles. The van der Waals surface area contributed by atoms with Crippen LogP contribution in [0.2, 0.25) is 0 Å². The van der Waals surface area contributed by atoms with Gasteiger partial charge in [-0.3, -0.25) is 24.5 Å². The molecule has 4 aromatic carbocycles. The number of rotatable bonds is 10. The normalized spacial score (nSPS) is 18.5. The minimum atomic E-state index is -1.35. The van der Waals surface area contributed by atoms with Gasteiger partial charge in [0.05, 0.1) is 5.70 Å². The molecule has 266 valence electrons. The second-order valence-corrected chi connectivity index (χ2v) is 14.3. The topological polar surface area (TPSA) is 140 Å². The van der Waals surface area contributed by atoms with Crippen LogP contribution in [0.15, 0.2) is 133 Å². The molecule has 4 atom stereocenters. The number of nitrogens with zero attached hydrogens (tertiary/aromatic N) is 1. The molecule has 6 rings (SSSR count). The summed E-state index contributed by atoms with van der Waals surface area (Å²) < 4.78 is 17.2. The fraction of sp³-hybridized carbons (Fsp3) is 0.225. The van der Waals surface area contributed by atoms with Crippen LogP contribution in [-0.2, 0) is 28.7 Å². The molecule has 4 aromatic rings. The van der Waals surface area contributed by atoms with Crippen LogP contribution in [0.1, 0.15) is 49.5 Å². The molecule has 1 fully saturated rings. The lowest BCUT2D eigenvalue weighted by Gasteiger charge is -2.49. The van der Waals surface area contributed by atoms with Crippen molar-refractivity contribution in [3.63, 3.8) is 0 Å². The predicted molar refractivity (Wildman–Crippen MR) is 193 cm³/mol. The van der Waals surface area contributed by atoms with Crippen molar-refractivity contribution in [1.82, 2.24) is 15.5 Å². The number of hydrogen-bond acceptors (Lipinski definition) is 9. The number of amides is 3. The molecule has 2 N–H and O–H groups in total. The Bertz CT molecular complexity index is 1910. The van der Waals surface area contributed by atoms with Gasteiger partial charge < -0.3 is 24.4 Å². The van der Waals surface area contributed by atoms with E-state index in [1.165, 1.54) is 11.1 Å². The molecule has 2 aliphatic heterocycles. The average Bonchev–Trinajstić information content (AvgIpc) is 3.13. The molecular weight excluding hydrogens is 683 g/mol. The fourth-order valence-electron chi connectivity index (χ4n) is 5.75. The van der Waals surface area contributed by atoms with E-state index in [4.69, 9.17) is 14.2 Å². The van der Waals surface area contributed by atoms with Gasteiger partial charge in [0.1, 0.15) is 28.0 Å². The Hall–Kier alpha value is -5.88. The van der Waals surface area contributed by atoms with E-state index in [0.717, 1.165) is 22.9 Å². The van der Waals surface area contributed by atoms with Gasteiger partial charge in [-0.2, -0.15) is 0 Å². The van der Waals surface area contributed by atoms with Gasteiger partial charge in [0.15, 0.2) is 12.0 Å². The number of para-hydroxylation sites is 1. The Morgan fingerprint density at radius 2 is 1.27 bits per heavy atom. The third-order valence-corrected chi connectivity index (χ3v) is 9.60. The van der Waals surface area contributed by atoms with E-state index in [1.54, 1.807) is 81.4 Å². The Kier molecular flexibility index (Phi) is 10.8. The largest absolute Gasteiger partial charge is 0.459 e. The van der Waals surface area contributed by atoms with Crippen molar-refractivity contribution < 1.29 is 38.2 Å². The molecule has 11 nitrogen and oxygen atoms in total. The maximum absolute atomic E-state index is 14.2. The van der Waals surface area contributed by atoms with E-state index in [2.05, 4.69) is 10.6 Å². The van der Waals surface area contributed by atoms with Crippen molar-refractivity contribution >= 4 is 41.6 Å². The number of fused-ring (bicyclic) bond motifs is 1. The first kappa shape index (κ1) is 35.9. The Balaban J connectivity index is 1.27. The molecular formula is C40H37N3O8S. The van der Waals surface area contributed by atoms with Crippen LogP contribution in [0.5, 0.6) is 5.75 Å². The molecule has 52 heavy (non-hydrogen) atoms. The average molecular weight is 720 g/mol. The van der Waals surface area contributed by atoms with E-state index >= 15 is 0 Å². The van der Waals surface area contributed by atoms with E-state index in [1.807, 2.05) is 60.7 Å². The smallest absolute Gasteiger partial charge is 0.416 e. The van der Waals surface area contributed by atoms with Crippen molar-refractivity contribution in [3.8, 4) is 5.75 Å². The fourth-order valence-corrected chi connectivity index (χ4v) is 7.10. The summed E-state index contributed by atoms with van der Waals surface area (Å²) in [4.78, 5) is 69.1. The van der Waals surface area contributed by atoms with Gasteiger partial charge in [-0.25, -0.2) is 4.79 Å².